The maximum atomic E-state index is 10.3. The Morgan fingerprint density at radius 1 is 1.62 bits per heavy atom. The molecule has 0 heterocycles. The van der Waals surface area contributed by atoms with Gasteiger partial charge in [-0.3, -0.25) is 10.1 Å². The molecule has 0 amide bonds. The van der Waals surface area contributed by atoms with Gasteiger partial charge in [0.15, 0.2) is 0 Å². The van der Waals surface area contributed by atoms with Crippen molar-refractivity contribution < 1.29 is 14.8 Å². The zero-order valence-corrected chi connectivity index (χ0v) is 6.77. The molecule has 0 aliphatic carbocycles. The number of benzene rings is 1. The van der Waals surface area contributed by atoms with E-state index in [0.717, 1.165) is 0 Å². The van der Waals surface area contributed by atoms with Gasteiger partial charge in [-0.1, -0.05) is 0 Å². The first-order valence-corrected chi connectivity index (χ1v) is 3.63. The molecule has 1 aromatic carbocycles. The topological polar surface area (TPSA) is 72.6 Å². The van der Waals surface area contributed by atoms with Crippen LogP contribution in [0.5, 0.6) is 5.75 Å². The molecule has 0 unspecified atom stereocenters. The lowest BCUT2D eigenvalue weighted by Crippen LogP contribution is -2.01. The van der Waals surface area contributed by atoms with Crippen LogP contribution in [0.1, 0.15) is 0 Å². The van der Waals surface area contributed by atoms with Crippen molar-refractivity contribution in [2.75, 3.05) is 13.2 Å². The largest absolute Gasteiger partial charge is 0.491 e. The third-order valence-electron chi connectivity index (χ3n) is 1.32. The summed E-state index contributed by atoms with van der Waals surface area (Å²) in [5.74, 6) is 0.336. The SMILES string of the molecule is O=[N+]([O-])c1c[c]cc(OCCO)c1. The molecule has 0 aromatic heterocycles. The minimum absolute atomic E-state index is 0.0737. The molecular weight excluding hydrogens is 174 g/mol. The first kappa shape index (κ1) is 9.47. The van der Waals surface area contributed by atoms with Gasteiger partial charge in [-0.05, 0) is 12.1 Å². The fourth-order valence-corrected chi connectivity index (χ4v) is 0.791. The van der Waals surface area contributed by atoms with Crippen LogP contribution in [0.15, 0.2) is 18.2 Å². The highest BCUT2D eigenvalue weighted by atomic mass is 16.6. The van der Waals surface area contributed by atoms with E-state index < -0.39 is 4.92 Å². The number of nitro benzene ring substituents is 1. The Balaban J connectivity index is 2.73. The molecule has 13 heavy (non-hydrogen) atoms. The van der Waals surface area contributed by atoms with Crippen LogP contribution in [-0.4, -0.2) is 23.2 Å². The first-order chi connectivity index (χ1) is 6.24. The van der Waals surface area contributed by atoms with Gasteiger partial charge in [0.25, 0.3) is 5.69 Å². The molecular formula is C8H8NO4. The van der Waals surface area contributed by atoms with Gasteiger partial charge in [-0.25, -0.2) is 0 Å². The highest BCUT2D eigenvalue weighted by molar-refractivity contribution is 5.37. The smallest absolute Gasteiger partial charge is 0.273 e. The lowest BCUT2D eigenvalue weighted by atomic mass is 10.3. The Morgan fingerprint density at radius 2 is 2.38 bits per heavy atom. The number of nitro groups is 1. The van der Waals surface area contributed by atoms with E-state index in [1.807, 2.05) is 0 Å². The average Bonchev–Trinajstić information content (AvgIpc) is 2.15. The monoisotopic (exact) mass is 182 g/mol. The van der Waals surface area contributed by atoms with Crippen molar-refractivity contribution >= 4 is 5.69 Å². The number of ether oxygens (including phenoxy) is 1. The number of non-ortho nitro benzene ring substituents is 1. The van der Waals surface area contributed by atoms with Crippen molar-refractivity contribution in [1.82, 2.24) is 0 Å². The molecule has 69 valence electrons. The van der Waals surface area contributed by atoms with Crippen LogP contribution in [0.4, 0.5) is 5.69 Å². The summed E-state index contributed by atoms with van der Waals surface area (Å²) in [6.07, 6.45) is 0. The number of rotatable bonds is 4. The van der Waals surface area contributed by atoms with Gasteiger partial charge in [-0.2, -0.15) is 0 Å². The fraction of sp³-hybridized carbons (Fsp3) is 0.250. The zero-order chi connectivity index (χ0) is 9.68. The highest BCUT2D eigenvalue weighted by Gasteiger charge is 2.05. The second-order valence-electron chi connectivity index (χ2n) is 2.26. The Bertz CT molecular complexity index is 300. The fourth-order valence-electron chi connectivity index (χ4n) is 0.791. The van der Waals surface area contributed by atoms with Gasteiger partial charge < -0.3 is 9.84 Å². The summed E-state index contributed by atoms with van der Waals surface area (Å²) in [4.78, 5) is 9.78. The third-order valence-corrected chi connectivity index (χ3v) is 1.32. The third kappa shape index (κ3) is 2.72. The van der Waals surface area contributed by atoms with Crippen molar-refractivity contribution in [3.8, 4) is 5.75 Å². The maximum absolute atomic E-state index is 10.3. The lowest BCUT2D eigenvalue weighted by molar-refractivity contribution is -0.385. The van der Waals surface area contributed by atoms with Crippen molar-refractivity contribution in [2.45, 2.75) is 0 Å². The van der Waals surface area contributed by atoms with Crippen molar-refractivity contribution in [1.29, 1.82) is 0 Å². The van der Waals surface area contributed by atoms with E-state index in [-0.39, 0.29) is 18.9 Å². The number of hydrogen-bond acceptors (Lipinski definition) is 4. The Kier molecular flexibility index (Phi) is 3.22. The van der Waals surface area contributed by atoms with Gasteiger partial charge in [0.1, 0.15) is 12.4 Å². The van der Waals surface area contributed by atoms with Gasteiger partial charge in [0.05, 0.1) is 17.6 Å². The number of hydrogen-bond donors (Lipinski definition) is 1. The van der Waals surface area contributed by atoms with Crippen molar-refractivity contribution in [3.63, 3.8) is 0 Å². The van der Waals surface area contributed by atoms with Crippen LogP contribution < -0.4 is 4.74 Å². The molecule has 5 nitrogen and oxygen atoms in total. The summed E-state index contributed by atoms with van der Waals surface area (Å²) >= 11 is 0. The predicted molar refractivity (Wildman–Crippen MR) is 44.5 cm³/mol. The molecule has 0 spiro atoms. The molecule has 0 saturated carbocycles. The average molecular weight is 182 g/mol. The van der Waals surface area contributed by atoms with Gasteiger partial charge in [0, 0.05) is 6.07 Å². The van der Waals surface area contributed by atoms with E-state index in [1.165, 1.54) is 18.2 Å². The number of nitrogens with zero attached hydrogens (tertiary/aromatic N) is 1. The van der Waals surface area contributed by atoms with Crippen LogP contribution >= 0.6 is 0 Å². The van der Waals surface area contributed by atoms with Gasteiger partial charge in [-0.15, -0.1) is 0 Å². The maximum Gasteiger partial charge on any atom is 0.273 e. The number of aliphatic hydroxyl groups excluding tert-OH is 1. The molecule has 1 aromatic rings. The van der Waals surface area contributed by atoms with Crippen LogP contribution in [0.3, 0.4) is 0 Å². The predicted octanol–water partition coefficient (Wildman–Crippen LogP) is 0.766. The molecule has 1 N–H and O–H groups in total. The van der Waals surface area contributed by atoms with Crippen molar-refractivity contribution in [2.24, 2.45) is 0 Å². The van der Waals surface area contributed by atoms with E-state index in [1.54, 1.807) is 0 Å². The quantitative estimate of drug-likeness (QED) is 0.551. The summed E-state index contributed by atoms with van der Waals surface area (Å²) in [6, 6.07) is 6.59. The summed E-state index contributed by atoms with van der Waals surface area (Å²) in [7, 11) is 0. The summed E-state index contributed by atoms with van der Waals surface area (Å²) in [5.41, 5.74) is -0.0737. The molecule has 0 saturated heterocycles. The molecule has 0 bridgehead atoms. The second kappa shape index (κ2) is 4.42. The minimum Gasteiger partial charge on any atom is -0.491 e. The van der Waals surface area contributed by atoms with E-state index in [9.17, 15) is 10.1 Å². The zero-order valence-electron chi connectivity index (χ0n) is 6.77. The second-order valence-corrected chi connectivity index (χ2v) is 2.26. The first-order valence-electron chi connectivity index (χ1n) is 3.63. The Labute approximate surface area is 74.7 Å². The summed E-state index contributed by atoms with van der Waals surface area (Å²) in [6.45, 7) is -0.00228. The van der Waals surface area contributed by atoms with E-state index in [2.05, 4.69) is 6.07 Å². The number of aliphatic hydroxyl groups is 1. The van der Waals surface area contributed by atoms with E-state index >= 15 is 0 Å². The van der Waals surface area contributed by atoms with Crippen LogP contribution in [-0.2, 0) is 0 Å². The summed E-state index contributed by atoms with van der Waals surface area (Å²) < 4.78 is 4.96. The minimum atomic E-state index is -0.525. The standard InChI is InChI=1S/C8H8NO4/c10-4-5-13-8-3-1-2-7(6-8)9(11)12/h2-3,6,10H,4-5H2. The van der Waals surface area contributed by atoms with E-state index in [4.69, 9.17) is 9.84 Å². The molecule has 0 fully saturated rings. The van der Waals surface area contributed by atoms with Crippen molar-refractivity contribution in [3.05, 3.63) is 34.4 Å². The highest BCUT2D eigenvalue weighted by Crippen LogP contribution is 2.18. The van der Waals surface area contributed by atoms with Gasteiger partial charge >= 0.3 is 0 Å². The van der Waals surface area contributed by atoms with Crippen LogP contribution in [0.25, 0.3) is 0 Å². The molecule has 0 aliphatic rings. The van der Waals surface area contributed by atoms with Crippen LogP contribution in [0.2, 0.25) is 0 Å². The molecule has 1 radical (unpaired) electrons. The Morgan fingerprint density at radius 3 is 3.00 bits per heavy atom. The van der Waals surface area contributed by atoms with Crippen LogP contribution in [0, 0.1) is 16.2 Å². The normalized spacial score (nSPS) is 9.62. The van der Waals surface area contributed by atoms with E-state index in [0.29, 0.717) is 5.75 Å². The molecule has 0 atom stereocenters. The molecule has 0 aliphatic heterocycles. The lowest BCUT2D eigenvalue weighted by Gasteiger charge is -2.02. The Hall–Kier alpha value is -1.62. The molecule has 5 heteroatoms. The molecule has 1 rings (SSSR count). The summed E-state index contributed by atoms with van der Waals surface area (Å²) in [5, 5.41) is 18.7. The van der Waals surface area contributed by atoms with Gasteiger partial charge in [0.2, 0.25) is 0 Å².